The third kappa shape index (κ3) is 5.85. The number of likely N-dealkylation sites (tertiary alicyclic amines) is 1. The number of H-pyrrole nitrogens is 1. The molecule has 3 aromatic heterocycles. The Hall–Kier alpha value is -4.48. The van der Waals surface area contributed by atoms with Gasteiger partial charge in [0.15, 0.2) is 0 Å². The summed E-state index contributed by atoms with van der Waals surface area (Å²) >= 11 is 0. The summed E-state index contributed by atoms with van der Waals surface area (Å²) in [5.41, 5.74) is 4.21. The van der Waals surface area contributed by atoms with Crippen molar-refractivity contribution in [1.29, 1.82) is 0 Å². The highest BCUT2D eigenvalue weighted by Crippen LogP contribution is 2.35. The number of fused-ring (bicyclic) bond motifs is 2. The predicted molar refractivity (Wildman–Crippen MR) is 171 cm³/mol. The fourth-order valence-corrected chi connectivity index (χ4v) is 6.65. The summed E-state index contributed by atoms with van der Waals surface area (Å²) in [4.78, 5) is 33.9. The normalized spacial score (nSPS) is 20.2. The first-order valence-corrected chi connectivity index (χ1v) is 15.6. The summed E-state index contributed by atoms with van der Waals surface area (Å²) in [6, 6.07) is 15.8. The van der Waals surface area contributed by atoms with E-state index in [0.29, 0.717) is 18.3 Å². The molecule has 5 aromatic rings. The lowest BCUT2D eigenvalue weighted by atomic mass is 9.95. The Balaban J connectivity index is 1.19. The number of para-hydroxylation sites is 1. The maximum atomic E-state index is 14.1. The Morgan fingerprint density at radius 3 is 2.80 bits per heavy atom. The van der Waals surface area contributed by atoms with Gasteiger partial charge in [0.2, 0.25) is 11.8 Å². The summed E-state index contributed by atoms with van der Waals surface area (Å²) in [6.45, 7) is 5.28. The fourth-order valence-electron chi connectivity index (χ4n) is 6.65. The number of pyridine rings is 1. The molecule has 5 heterocycles. The van der Waals surface area contributed by atoms with Crippen molar-refractivity contribution < 1.29 is 19.0 Å². The molecule has 2 aliphatic rings. The minimum atomic E-state index is -0.235. The van der Waals surface area contributed by atoms with Gasteiger partial charge >= 0.3 is 0 Å². The number of carbonyl (C=O) groups excluding carboxylic acids is 1. The van der Waals surface area contributed by atoms with Crippen molar-refractivity contribution in [3.05, 3.63) is 66.4 Å². The predicted octanol–water partition coefficient (Wildman–Crippen LogP) is 4.66. The third-order valence-corrected chi connectivity index (χ3v) is 9.17. The van der Waals surface area contributed by atoms with Crippen LogP contribution in [0.15, 0.2) is 54.7 Å². The van der Waals surface area contributed by atoms with Gasteiger partial charge in [0.05, 0.1) is 60.9 Å². The standard InChI is InChI=1S/C34H39N7O4/c1-21-37-28-9-8-25(43-2)16-30(28)41(21)19-32(42)40-12-10-24(35-17-22-11-13-45-20-22)15-31(40)33-36-18-29(38-33)26-14-23-6-4-5-7-27(23)39-34(26)44-3/h4-9,14,16,18,22,24,31,35H,10-13,15,17,19-20H2,1-3H3,(H,36,38)/t22?,24-,31-/m0/s1. The van der Waals surface area contributed by atoms with Crippen LogP contribution in [-0.2, 0) is 16.1 Å². The minimum Gasteiger partial charge on any atom is -0.497 e. The van der Waals surface area contributed by atoms with Gasteiger partial charge in [-0.05, 0) is 56.4 Å². The van der Waals surface area contributed by atoms with Crippen molar-refractivity contribution in [3.8, 4) is 22.9 Å². The van der Waals surface area contributed by atoms with E-state index < -0.39 is 0 Å². The average molecular weight is 610 g/mol. The third-order valence-electron chi connectivity index (χ3n) is 9.17. The average Bonchev–Trinajstić information content (AvgIpc) is 3.84. The second-order valence-electron chi connectivity index (χ2n) is 12.0. The highest BCUT2D eigenvalue weighted by atomic mass is 16.5. The van der Waals surface area contributed by atoms with Crippen LogP contribution >= 0.6 is 0 Å². The quantitative estimate of drug-likeness (QED) is 0.248. The van der Waals surface area contributed by atoms with Crippen molar-refractivity contribution in [1.82, 2.24) is 34.7 Å². The molecule has 2 aromatic carbocycles. The molecule has 1 amide bonds. The van der Waals surface area contributed by atoms with E-state index in [-0.39, 0.29) is 24.5 Å². The molecule has 45 heavy (non-hydrogen) atoms. The van der Waals surface area contributed by atoms with Crippen molar-refractivity contribution in [2.24, 2.45) is 5.92 Å². The number of imidazole rings is 2. The smallest absolute Gasteiger partial charge is 0.243 e. The number of amides is 1. The number of aryl methyl sites for hydroxylation is 1. The van der Waals surface area contributed by atoms with E-state index in [1.54, 1.807) is 14.2 Å². The minimum absolute atomic E-state index is 0.0239. The summed E-state index contributed by atoms with van der Waals surface area (Å²) in [5, 5.41) is 4.79. The highest BCUT2D eigenvalue weighted by molar-refractivity contribution is 5.85. The fraction of sp³-hybridized carbons (Fsp3) is 0.412. The zero-order valence-electron chi connectivity index (χ0n) is 26.0. The Bertz CT molecular complexity index is 1830. The largest absolute Gasteiger partial charge is 0.497 e. The van der Waals surface area contributed by atoms with Gasteiger partial charge < -0.3 is 34.0 Å². The van der Waals surface area contributed by atoms with E-state index in [2.05, 4.69) is 16.4 Å². The van der Waals surface area contributed by atoms with Gasteiger partial charge in [-0.25, -0.2) is 15.0 Å². The molecule has 0 bridgehead atoms. The number of hydrogen-bond acceptors (Lipinski definition) is 8. The van der Waals surface area contributed by atoms with Crippen LogP contribution in [0.1, 0.15) is 37.0 Å². The van der Waals surface area contributed by atoms with Crippen LogP contribution in [0.5, 0.6) is 11.6 Å². The number of aromatic nitrogens is 5. The molecule has 11 heteroatoms. The Kier molecular flexibility index (Phi) is 8.12. The molecule has 0 radical (unpaired) electrons. The van der Waals surface area contributed by atoms with Gasteiger partial charge in [-0.15, -0.1) is 0 Å². The van der Waals surface area contributed by atoms with E-state index in [1.165, 1.54) is 0 Å². The lowest BCUT2D eigenvalue weighted by molar-refractivity contribution is -0.136. The molecule has 2 N–H and O–H groups in total. The Morgan fingerprint density at radius 1 is 1.09 bits per heavy atom. The zero-order valence-corrected chi connectivity index (χ0v) is 26.0. The number of aromatic amines is 1. The first-order chi connectivity index (χ1) is 22.0. The molecule has 0 spiro atoms. The second kappa shape index (κ2) is 12.5. The number of ether oxygens (including phenoxy) is 3. The molecule has 2 saturated heterocycles. The van der Waals surface area contributed by atoms with Gasteiger partial charge in [-0.2, -0.15) is 0 Å². The lowest BCUT2D eigenvalue weighted by Crippen LogP contribution is -2.48. The number of benzene rings is 2. The molecule has 2 aliphatic heterocycles. The van der Waals surface area contributed by atoms with Crippen LogP contribution in [-0.4, -0.2) is 81.9 Å². The maximum absolute atomic E-state index is 14.1. The first-order valence-electron chi connectivity index (χ1n) is 15.6. The molecule has 11 nitrogen and oxygen atoms in total. The van der Waals surface area contributed by atoms with Crippen molar-refractivity contribution in [3.63, 3.8) is 0 Å². The Labute approximate surface area is 261 Å². The molecule has 0 saturated carbocycles. The number of nitrogens with one attached hydrogen (secondary N) is 2. The van der Waals surface area contributed by atoms with Crippen molar-refractivity contribution in [2.75, 3.05) is 40.5 Å². The van der Waals surface area contributed by atoms with Gasteiger partial charge in [0.25, 0.3) is 0 Å². The summed E-state index contributed by atoms with van der Waals surface area (Å²) in [6.07, 6.45) is 4.51. The summed E-state index contributed by atoms with van der Waals surface area (Å²) in [5.74, 6) is 3.34. The van der Waals surface area contributed by atoms with Crippen LogP contribution in [0.3, 0.4) is 0 Å². The molecular weight excluding hydrogens is 570 g/mol. The van der Waals surface area contributed by atoms with E-state index >= 15 is 0 Å². The van der Waals surface area contributed by atoms with Crippen LogP contribution in [0, 0.1) is 12.8 Å². The molecule has 0 aliphatic carbocycles. The van der Waals surface area contributed by atoms with Crippen molar-refractivity contribution in [2.45, 2.75) is 44.8 Å². The monoisotopic (exact) mass is 609 g/mol. The van der Waals surface area contributed by atoms with Crippen LogP contribution in [0.4, 0.5) is 0 Å². The van der Waals surface area contributed by atoms with E-state index in [9.17, 15) is 4.79 Å². The van der Waals surface area contributed by atoms with Gasteiger partial charge in [-0.3, -0.25) is 4.79 Å². The SMILES string of the molecule is COc1ccc2nc(C)n(CC(=O)N3CC[C@H](NCC4CCOC4)C[C@H]3c3ncc(-c4cc5ccccc5nc4OC)[nH]3)c2c1. The van der Waals surface area contributed by atoms with Gasteiger partial charge in [-0.1, -0.05) is 18.2 Å². The number of carbonyl (C=O) groups is 1. The van der Waals surface area contributed by atoms with Gasteiger partial charge in [0, 0.05) is 37.2 Å². The zero-order chi connectivity index (χ0) is 30.9. The summed E-state index contributed by atoms with van der Waals surface area (Å²) in [7, 11) is 3.27. The van der Waals surface area contributed by atoms with Gasteiger partial charge in [0.1, 0.15) is 23.9 Å². The van der Waals surface area contributed by atoms with Crippen molar-refractivity contribution >= 4 is 27.8 Å². The number of rotatable bonds is 9. The number of nitrogens with zero attached hydrogens (tertiary/aromatic N) is 5. The topological polar surface area (TPSA) is 119 Å². The number of piperidine rings is 1. The van der Waals surface area contributed by atoms with E-state index in [0.717, 1.165) is 89.6 Å². The molecule has 7 rings (SSSR count). The molecule has 3 atom stereocenters. The second-order valence-corrected chi connectivity index (χ2v) is 12.0. The molecule has 2 fully saturated rings. The van der Waals surface area contributed by atoms with Crippen LogP contribution in [0.2, 0.25) is 0 Å². The first kappa shape index (κ1) is 29.2. The van der Waals surface area contributed by atoms with Crippen LogP contribution < -0.4 is 14.8 Å². The van der Waals surface area contributed by atoms with E-state index in [4.69, 9.17) is 29.2 Å². The molecule has 234 valence electrons. The molecule has 1 unspecified atom stereocenters. The lowest BCUT2D eigenvalue weighted by Gasteiger charge is -2.39. The highest BCUT2D eigenvalue weighted by Gasteiger charge is 2.35. The Morgan fingerprint density at radius 2 is 1.98 bits per heavy atom. The number of hydrogen-bond donors (Lipinski definition) is 2. The maximum Gasteiger partial charge on any atom is 0.243 e. The van der Waals surface area contributed by atoms with E-state index in [1.807, 2.05) is 65.1 Å². The summed E-state index contributed by atoms with van der Waals surface area (Å²) < 4.78 is 18.7. The molecular formula is C34H39N7O4. The number of methoxy groups -OCH3 is 2. The van der Waals surface area contributed by atoms with Crippen LogP contribution in [0.25, 0.3) is 33.2 Å².